The number of carbonyl (C=O) groups excluding carboxylic acids is 2. The van der Waals surface area contributed by atoms with Crippen molar-refractivity contribution in [3.8, 4) is 16.9 Å². The van der Waals surface area contributed by atoms with Crippen molar-refractivity contribution in [1.29, 1.82) is 0 Å². The third-order valence-electron chi connectivity index (χ3n) is 6.08. The van der Waals surface area contributed by atoms with Gasteiger partial charge in [0.2, 0.25) is 0 Å². The molecule has 0 aliphatic rings. The number of aliphatic hydroxyl groups is 1. The standard InChI is InChI=1S/C32H30O6/c1-36-30-15-13-26(19-32(35)38-22-24-10-6-3-7-11-24)17-29(30)28-16-25(12-14-27(28)20-33)18-31(34)37-21-23-8-4-2-5-9-23/h2-17,33H,18-22H2,1H3. The minimum Gasteiger partial charge on any atom is -0.496 e. The fourth-order valence-corrected chi connectivity index (χ4v) is 4.11. The SMILES string of the molecule is COc1ccc(CC(=O)OCc2ccccc2)cc1-c1cc(CC(=O)OCc2ccccc2)ccc1CO. The van der Waals surface area contributed by atoms with Gasteiger partial charge in [-0.25, -0.2) is 0 Å². The van der Waals surface area contributed by atoms with E-state index in [1.165, 1.54) is 0 Å². The highest BCUT2D eigenvalue weighted by molar-refractivity contribution is 5.79. The molecule has 0 aliphatic carbocycles. The van der Waals surface area contributed by atoms with Crippen molar-refractivity contribution < 1.29 is 28.9 Å². The monoisotopic (exact) mass is 510 g/mol. The van der Waals surface area contributed by atoms with Crippen molar-refractivity contribution >= 4 is 11.9 Å². The Morgan fingerprint density at radius 3 is 1.63 bits per heavy atom. The summed E-state index contributed by atoms with van der Waals surface area (Å²) >= 11 is 0. The quantitative estimate of drug-likeness (QED) is 0.271. The summed E-state index contributed by atoms with van der Waals surface area (Å²) in [6, 6.07) is 29.9. The summed E-state index contributed by atoms with van der Waals surface area (Å²) in [4.78, 5) is 25.0. The number of hydrogen-bond donors (Lipinski definition) is 1. The molecule has 0 bridgehead atoms. The second-order valence-electron chi connectivity index (χ2n) is 8.83. The van der Waals surface area contributed by atoms with Gasteiger partial charge in [-0.3, -0.25) is 9.59 Å². The third-order valence-corrected chi connectivity index (χ3v) is 6.08. The van der Waals surface area contributed by atoms with Crippen LogP contribution in [-0.2, 0) is 51.7 Å². The second kappa shape index (κ2) is 13.2. The molecule has 0 spiro atoms. The largest absolute Gasteiger partial charge is 0.496 e. The zero-order valence-corrected chi connectivity index (χ0v) is 21.3. The van der Waals surface area contributed by atoms with E-state index >= 15 is 0 Å². The van der Waals surface area contributed by atoms with Gasteiger partial charge >= 0.3 is 11.9 Å². The van der Waals surface area contributed by atoms with Gasteiger partial charge in [0.15, 0.2) is 0 Å². The van der Waals surface area contributed by atoms with Gasteiger partial charge < -0.3 is 19.3 Å². The molecule has 4 aromatic rings. The van der Waals surface area contributed by atoms with Crippen molar-refractivity contribution in [2.75, 3.05) is 7.11 Å². The molecule has 38 heavy (non-hydrogen) atoms. The molecule has 0 atom stereocenters. The molecule has 0 heterocycles. The third kappa shape index (κ3) is 7.31. The molecular formula is C32H30O6. The van der Waals surface area contributed by atoms with Gasteiger partial charge in [0.1, 0.15) is 19.0 Å². The Hall–Kier alpha value is -4.42. The van der Waals surface area contributed by atoms with Crippen LogP contribution < -0.4 is 4.74 Å². The summed E-state index contributed by atoms with van der Waals surface area (Å²) in [7, 11) is 1.57. The molecule has 0 saturated heterocycles. The summed E-state index contributed by atoms with van der Waals surface area (Å²) in [5.74, 6) is -0.106. The van der Waals surface area contributed by atoms with Gasteiger partial charge in [-0.1, -0.05) is 84.9 Å². The van der Waals surface area contributed by atoms with Gasteiger partial charge in [0.05, 0.1) is 26.6 Å². The highest BCUT2D eigenvalue weighted by Gasteiger charge is 2.16. The van der Waals surface area contributed by atoms with E-state index in [1.807, 2.05) is 78.9 Å². The van der Waals surface area contributed by atoms with E-state index in [2.05, 4.69) is 0 Å². The fourth-order valence-electron chi connectivity index (χ4n) is 4.11. The highest BCUT2D eigenvalue weighted by Crippen LogP contribution is 2.34. The molecular weight excluding hydrogens is 480 g/mol. The zero-order valence-electron chi connectivity index (χ0n) is 21.3. The average Bonchev–Trinajstić information content (AvgIpc) is 2.96. The first kappa shape index (κ1) is 26.6. The van der Waals surface area contributed by atoms with Crippen molar-refractivity contribution in [2.24, 2.45) is 0 Å². The van der Waals surface area contributed by atoms with Crippen molar-refractivity contribution in [3.63, 3.8) is 0 Å². The maximum absolute atomic E-state index is 12.5. The highest BCUT2D eigenvalue weighted by atomic mass is 16.5. The number of aliphatic hydroxyl groups excluding tert-OH is 1. The van der Waals surface area contributed by atoms with Crippen LogP contribution in [0.3, 0.4) is 0 Å². The van der Waals surface area contributed by atoms with Crippen LogP contribution in [0.25, 0.3) is 11.1 Å². The van der Waals surface area contributed by atoms with Crippen molar-refractivity contribution in [2.45, 2.75) is 32.7 Å². The van der Waals surface area contributed by atoms with Gasteiger partial charge in [0.25, 0.3) is 0 Å². The lowest BCUT2D eigenvalue weighted by molar-refractivity contribution is -0.145. The molecule has 1 N–H and O–H groups in total. The predicted molar refractivity (Wildman–Crippen MR) is 144 cm³/mol. The molecule has 0 saturated carbocycles. The van der Waals surface area contributed by atoms with Crippen LogP contribution in [0.4, 0.5) is 0 Å². The Morgan fingerprint density at radius 2 is 1.13 bits per heavy atom. The average molecular weight is 511 g/mol. The Kier molecular flexibility index (Phi) is 9.27. The normalized spacial score (nSPS) is 10.6. The second-order valence-corrected chi connectivity index (χ2v) is 8.83. The Labute approximate surface area is 222 Å². The lowest BCUT2D eigenvalue weighted by Crippen LogP contribution is -2.09. The summed E-state index contributed by atoms with van der Waals surface area (Å²) in [6.45, 7) is 0.220. The van der Waals surface area contributed by atoms with Crippen LogP contribution in [0.1, 0.15) is 27.8 Å². The first-order valence-corrected chi connectivity index (χ1v) is 12.3. The Morgan fingerprint density at radius 1 is 0.632 bits per heavy atom. The van der Waals surface area contributed by atoms with E-state index < -0.39 is 0 Å². The lowest BCUT2D eigenvalue weighted by atomic mass is 9.94. The van der Waals surface area contributed by atoms with Crippen LogP contribution in [0, 0.1) is 0 Å². The Bertz CT molecular complexity index is 1260. The van der Waals surface area contributed by atoms with Crippen LogP contribution in [0.15, 0.2) is 97.1 Å². The van der Waals surface area contributed by atoms with Crippen molar-refractivity contribution in [3.05, 3.63) is 125 Å². The smallest absolute Gasteiger partial charge is 0.310 e. The van der Waals surface area contributed by atoms with E-state index in [1.54, 1.807) is 25.3 Å². The summed E-state index contributed by atoms with van der Waals surface area (Å²) in [6.07, 6.45) is 0.170. The molecule has 0 radical (unpaired) electrons. The number of benzene rings is 4. The predicted octanol–water partition coefficient (Wildman–Crippen LogP) is 5.43. The van der Waals surface area contributed by atoms with Crippen LogP contribution >= 0.6 is 0 Å². The number of methoxy groups -OCH3 is 1. The van der Waals surface area contributed by atoms with Crippen molar-refractivity contribution in [1.82, 2.24) is 0 Å². The maximum atomic E-state index is 12.5. The lowest BCUT2D eigenvalue weighted by Gasteiger charge is -2.15. The molecule has 0 fully saturated rings. The zero-order chi connectivity index (χ0) is 26.7. The van der Waals surface area contributed by atoms with Crippen LogP contribution in [0.5, 0.6) is 5.75 Å². The number of rotatable bonds is 11. The molecule has 6 nitrogen and oxygen atoms in total. The fraction of sp³-hybridized carbons (Fsp3) is 0.188. The Balaban J connectivity index is 1.50. The minimum atomic E-state index is -0.349. The van der Waals surface area contributed by atoms with E-state index in [0.29, 0.717) is 16.9 Å². The number of carbonyl (C=O) groups is 2. The van der Waals surface area contributed by atoms with Gasteiger partial charge in [-0.15, -0.1) is 0 Å². The molecule has 6 heteroatoms. The topological polar surface area (TPSA) is 82.1 Å². The molecule has 0 amide bonds. The van der Waals surface area contributed by atoms with Gasteiger partial charge in [-0.05, 0) is 45.5 Å². The first-order chi connectivity index (χ1) is 18.6. The first-order valence-electron chi connectivity index (χ1n) is 12.3. The number of esters is 2. The minimum absolute atomic E-state index is 0.0827. The van der Waals surface area contributed by atoms with Gasteiger partial charge in [-0.2, -0.15) is 0 Å². The van der Waals surface area contributed by atoms with E-state index in [9.17, 15) is 14.7 Å². The van der Waals surface area contributed by atoms with E-state index in [4.69, 9.17) is 14.2 Å². The molecule has 0 aromatic heterocycles. The number of hydrogen-bond acceptors (Lipinski definition) is 6. The van der Waals surface area contributed by atoms with Crippen LogP contribution in [0.2, 0.25) is 0 Å². The van der Waals surface area contributed by atoms with Crippen LogP contribution in [-0.4, -0.2) is 24.2 Å². The number of ether oxygens (including phenoxy) is 3. The molecule has 0 aliphatic heterocycles. The van der Waals surface area contributed by atoms with E-state index in [0.717, 1.165) is 27.8 Å². The molecule has 0 unspecified atom stereocenters. The summed E-state index contributed by atoms with van der Waals surface area (Å²) < 4.78 is 16.5. The van der Waals surface area contributed by atoms with E-state index in [-0.39, 0.29) is 44.6 Å². The maximum Gasteiger partial charge on any atom is 0.310 e. The molecule has 4 rings (SSSR count). The van der Waals surface area contributed by atoms with Gasteiger partial charge in [0, 0.05) is 5.56 Å². The molecule has 4 aromatic carbocycles. The summed E-state index contributed by atoms with van der Waals surface area (Å²) in [5.41, 5.74) is 5.43. The molecule has 194 valence electrons. The summed E-state index contributed by atoms with van der Waals surface area (Å²) in [5, 5.41) is 10.0.